The van der Waals surface area contributed by atoms with Crippen molar-refractivity contribution in [3.8, 4) is 0 Å². The molecule has 16 unspecified atom stereocenters. The topological polar surface area (TPSA) is 93.7 Å². The van der Waals surface area contributed by atoms with Crippen LogP contribution >= 0.6 is 0 Å². The molecule has 51 heavy (non-hydrogen) atoms. The molecule has 0 heterocycles. The molecule has 2 amide bonds. The van der Waals surface area contributed by atoms with Crippen LogP contribution in [-0.4, -0.2) is 36.8 Å². The molecule has 0 radical (unpaired) electrons. The summed E-state index contributed by atoms with van der Waals surface area (Å²) in [7, 11) is 0. The molecule has 16 atom stereocenters. The average molecular weight is 701 g/mol. The first kappa shape index (κ1) is 35.5. The smallest absolute Gasteiger partial charge is 0.408 e. The number of hydrogen-bond donors (Lipinski definition) is 2. The zero-order chi connectivity index (χ0) is 36.0. The third-order valence-electron chi connectivity index (χ3n) is 16.8. The summed E-state index contributed by atoms with van der Waals surface area (Å²) < 4.78 is 12.4. The normalized spacial score (nSPS) is 48.4. The molecule has 6 saturated carbocycles. The molecule has 7 nitrogen and oxygen atoms in total. The highest BCUT2D eigenvalue weighted by Gasteiger charge is 2.62. The van der Waals surface area contributed by atoms with E-state index >= 15 is 0 Å². The Morgan fingerprint density at radius 3 is 1.67 bits per heavy atom. The number of carbonyl (C=O) groups excluding carboxylic acids is 3. The van der Waals surface area contributed by atoms with E-state index < -0.39 is 12.2 Å². The summed E-state index contributed by atoms with van der Waals surface area (Å²) in [6.45, 7) is 18.7. The van der Waals surface area contributed by atoms with Gasteiger partial charge in [-0.3, -0.25) is 4.79 Å². The van der Waals surface area contributed by atoms with E-state index in [1.165, 1.54) is 24.0 Å². The van der Waals surface area contributed by atoms with E-state index in [2.05, 4.69) is 64.8 Å². The fraction of sp³-hybridized carbons (Fsp3) is 0.795. The second-order valence-corrected chi connectivity index (χ2v) is 19.6. The van der Waals surface area contributed by atoms with Gasteiger partial charge >= 0.3 is 12.2 Å². The summed E-state index contributed by atoms with van der Waals surface area (Å²) in [4.78, 5) is 38.6. The van der Waals surface area contributed by atoms with Crippen molar-refractivity contribution in [3.05, 3.63) is 35.5 Å². The van der Waals surface area contributed by atoms with Gasteiger partial charge in [0.15, 0.2) is 5.78 Å². The van der Waals surface area contributed by atoms with Crippen LogP contribution in [0.2, 0.25) is 0 Å². The SMILES string of the molecule is C=C1C=C2CC(C)C3C(C(C)CC4(C)C(OC(=O)NCNC(=O)OC5CCC6C7C(C)CC8=CC(=O)CCC8C7C(C)CC56C)CCC34)C2CC1. The lowest BCUT2D eigenvalue weighted by molar-refractivity contribution is -0.118. The van der Waals surface area contributed by atoms with E-state index in [0.717, 1.165) is 57.8 Å². The van der Waals surface area contributed by atoms with E-state index in [9.17, 15) is 14.4 Å². The van der Waals surface area contributed by atoms with E-state index in [0.29, 0.717) is 83.2 Å². The fourth-order valence-electron chi connectivity index (χ4n) is 15.2. The van der Waals surface area contributed by atoms with Crippen LogP contribution in [0.25, 0.3) is 0 Å². The van der Waals surface area contributed by atoms with Gasteiger partial charge < -0.3 is 20.1 Å². The maximum Gasteiger partial charge on any atom is 0.408 e. The predicted molar refractivity (Wildman–Crippen MR) is 198 cm³/mol. The lowest BCUT2D eigenvalue weighted by Crippen LogP contribution is -2.54. The zero-order valence-corrected chi connectivity index (χ0v) is 32.2. The first-order chi connectivity index (χ1) is 24.3. The van der Waals surface area contributed by atoms with Gasteiger partial charge in [0, 0.05) is 17.3 Å². The van der Waals surface area contributed by atoms with Crippen LogP contribution in [0.15, 0.2) is 35.5 Å². The van der Waals surface area contributed by atoms with Gasteiger partial charge in [0.05, 0.1) is 6.67 Å². The van der Waals surface area contributed by atoms with Crippen LogP contribution in [0.1, 0.15) is 119 Å². The van der Waals surface area contributed by atoms with Gasteiger partial charge in [0.2, 0.25) is 0 Å². The molecule has 0 bridgehead atoms. The van der Waals surface area contributed by atoms with E-state index in [1.54, 1.807) is 5.57 Å². The molecular formula is C44H64N2O5. The largest absolute Gasteiger partial charge is 0.446 e. The van der Waals surface area contributed by atoms with E-state index in [-0.39, 0.29) is 29.7 Å². The van der Waals surface area contributed by atoms with Crippen LogP contribution in [0.5, 0.6) is 0 Å². The Morgan fingerprint density at radius 2 is 1.16 bits per heavy atom. The van der Waals surface area contributed by atoms with Crippen LogP contribution < -0.4 is 10.6 Å². The molecule has 7 heteroatoms. The quantitative estimate of drug-likeness (QED) is 0.285. The number of fused-ring (bicyclic) bond motifs is 10. The van der Waals surface area contributed by atoms with E-state index in [1.807, 2.05) is 6.08 Å². The molecule has 0 aromatic carbocycles. The monoisotopic (exact) mass is 700 g/mol. The number of alkyl carbamates (subject to hydrolysis) is 2. The van der Waals surface area contributed by atoms with Gasteiger partial charge in [-0.25, -0.2) is 9.59 Å². The second-order valence-electron chi connectivity index (χ2n) is 19.6. The van der Waals surface area contributed by atoms with Crippen molar-refractivity contribution in [1.29, 1.82) is 0 Å². The van der Waals surface area contributed by atoms with Gasteiger partial charge in [0.1, 0.15) is 12.2 Å². The molecule has 280 valence electrons. The molecule has 0 saturated heterocycles. The Balaban J connectivity index is 0.845. The minimum atomic E-state index is -0.462. The second kappa shape index (κ2) is 13.1. The van der Waals surface area contributed by atoms with Crippen molar-refractivity contribution in [3.63, 3.8) is 0 Å². The fourth-order valence-corrected chi connectivity index (χ4v) is 15.2. The lowest BCUT2D eigenvalue weighted by Gasteiger charge is -2.58. The van der Waals surface area contributed by atoms with Crippen molar-refractivity contribution in [2.24, 2.45) is 81.8 Å². The molecule has 6 fully saturated rings. The van der Waals surface area contributed by atoms with Crippen molar-refractivity contribution < 1.29 is 23.9 Å². The maximum absolute atomic E-state index is 13.2. The van der Waals surface area contributed by atoms with Crippen molar-refractivity contribution in [1.82, 2.24) is 10.6 Å². The Labute approximate surface area is 306 Å². The molecule has 0 aromatic heterocycles. The highest BCUT2D eigenvalue weighted by Crippen LogP contribution is 2.67. The van der Waals surface area contributed by atoms with Gasteiger partial charge in [-0.2, -0.15) is 0 Å². The average Bonchev–Trinajstić information content (AvgIpc) is 3.55. The zero-order valence-electron chi connectivity index (χ0n) is 32.2. The van der Waals surface area contributed by atoms with Gasteiger partial charge in [-0.15, -0.1) is 0 Å². The first-order valence-electron chi connectivity index (χ1n) is 20.8. The van der Waals surface area contributed by atoms with Gasteiger partial charge in [0.25, 0.3) is 0 Å². The number of hydrogen-bond acceptors (Lipinski definition) is 5. The maximum atomic E-state index is 13.2. The Bertz CT molecular complexity index is 1410. The van der Waals surface area contributed by atoms with Crippen molar-refractivity contribution in [2.75, 3.05) is 6.67 Å². The minimum Gasteiger partial charge on any atom is -0.446 e. The molecule has 0 spiro atoms. The molecule has 8 aliphatic carbocycles. The lowest BCUT2D eigenvalue weighted by atomic mass is 9.47. The molecule has 2 N–H and O–H groups in total. The number of allylic oxidation sites excluding steroid dienone is 4. The Morgan fingerprint density at radius 1 is 0.686 bits per heavy atom. The number of nitrogens with one attached hydrogen (secondary N) is 2. The Hall–Kier alpha value is -2.57. The number of carbonyl (C=O) groups is 3. The molecule has 0 aromatic rings. The molecule has 8 rings (SSSR count). The number of ether oxygens (including phenoxy) is 2. The molecule has 0 aliphatic heterocycles. The third kappa shape index (κ3) is 5.84. The standard InChI is InChI=1S/C44H64N2O5/c1-23-8-10-31-28(16-23)17-24(2)39-33-12-14-35(43(33,6)20-26(4)37(31)39)50-41(48)45-22-46-42(49)51-36-15-13-34-40-25(3)18-29-19-30(47)9-11-32(29)38(40)27(5)21-44(34,36)7/h16,19,24-27,31-40H,1,8-15,17-18,20-22H2,2-7H3,(H,45,48)(H,46,49). The number of amides is 2. The van der Waals surface area contributed by atoms with Crippen LogP contribution in [0, 0.1) is 81.8 Å². The highest BCUT2D eigenvalue weighted by molar-refractivity contribution is 5.91. The minimum absolute atomic E-state index is 0.00867. The van der Waals surface area contributed by atoms with Gasteiger partial charge in [-0.1, -0.05) is 70.9 Å². The summed E-state index contributed by atoms with van der Waals surface area (Å²) in [5.74, 6) is 7.48. The predicted octanol–water partition coefficient (Wildman–Crippen LogP) is 9.39. The summed E-state index contributed by atoms with van der Waals surface area (Å²) in [5.41, 5.74) is 4.26. The van der Waals surface area contributed by atoms with Crippen molar-refractivity contribution >= 4 is 18.0 Å². The first-order valence-corrected chi connectivity index (χ1v) is 20.8. The van der Waals surface area contributed by atoms with Gasteiger partial charge in [-0.05, 0) is 148 Å². The summed E-state index contributed by atoms with van der Waals surface area (Å²) >= 11 is 0. The van der Waals surface area contributed by atoms with E-state index in [4.69, 9.17) is 9.47 Å². The highest BCUT2D eigenvalue weighted by atomic mass is 16.6. The van der Waals surface area contributed by atoms with Crippen molar-refractivity contribution in [2.45, 2.75) is 131 Å². The van der Waals surface area contributed by atoms with Crippen LogP contribution in [0.3, 0.4) is 0 Å². The number of rotatable bonds is 4. The van der Waals surface area contributed by atoms with Crippen LogP contribution in [0.4, 0.5) is 9.59 Å². The summed E-state index contributed by atoms with van der Waals surface area (Å²) in [5, 5.41) is 5.64. The molecular weight excluding hydrogens is 636 g/mol. The summed E-state index contributed by atoms with van der Waals surface area (Å²) in [6.07, 6.45) is 15.6. The Kier molecular flexibility index (Phi) is 9.09. The van der Waals surface area contributed by atoms with Crippen LogP contribution in [-0.2, 0) is 14.3 Å². The molecule has 8 aliphatic rings. The number of ketones is 1. The third-order valence-corrected chi connectivity index (χ3v) is 16.8. The summed E-state index contributed by atoms with van der Waals surface area (Å²) in [6, 6.07) is 0.